The lowest BCUT2D eigenvalue weighted by Crippen LogP contribution is -2.18. The van der Waals surface area contributed by atoms with Crippen molar-refractivity contribution in [2.45, 2.75) is 45.6 Å². The van der Waals surface area contributed by atoms with Gasteiger partial charge in [0.05, 0.1) is 23.2 Å². The molecule has 7 heteroatoms. The van der Waals surface area contributed by atoms with Gasteiger partial charge in [-0.25, -0.2) is 13.1 Å². The lowest BCUT2D eigenvalue weighted by molar-refractivity contribution is -0.114. The Morgan fingerprint density at radius 3 is 2.55 bits per heavy atom. The summed E-state index contributed by atoms with van der Waals surface area (Å²) in [6.45, 7) is 7.52. The SMILES string of the molecule is CC(=O)Nc1cc(C(C)(C)C)nn1[C@@H]1CCS(=O)(=O)C1. The maximum Gasteiger partial charge on any atom is 0.222 e. The number of nitrogens with one attached hydrogen (secondary N) is 1. The average molecular weight is 299 g/mol. The smallest absolute Gasteiger partial charge is 0.222 e. The van der Waals surface area contributed by atoms with Crippen LogP contribution >= 0.6 is 0 Å². The van der Waals surface area contributed by atoms with Gasteiger partial charge in [0, 0.05) is 18.4 Å². The quantitative estimate of drug-likeness (QED) is 0.897. The number of sulfone groups is 1. The maximum absolute atomic E-state index is 11.6. The van der Waals surface area contributed by atoms with Crippen LogP contribution in [-0.2, 0) is 20.0 Å². The average Bonchev–Trinajstić information content (AvgIpc) is 2.80. The van der Waals surface area contributed by atoms with Crippen LogP contribution in [0, 0.1) is 0 Å². The summed E-state index contributed by atoms with van der Waals surface area (Å²) in [5.74, 6) is 0.657. The zero-order valence-electron chi connectivity index (χ0n) is 12.3. The van der Waals surface area contributed by atoms with E-state index in [0.717, 1.165) is 5.69 Å². The second-order valence-corrected chi connectivity index (χ2v) is 8.58. The van der Waals surface area contributed by atoms with Gasteiger partial charge in [0.2, 0.25) is 5.91 Å². The van der Waals surface area contributed by atoms with Crippen LogP contribution in [0.15, 0.2) is 6.07 Å². The second-order valence-electron chi connectivity index (χ2n) is 6.35. The number of amides is 1. The first-order chi connectivity index (χ1) is 9.08. The first-order valence-corrected chi connectivity index (χ1v) is 8.49. The molecule has 2 heterocycles. The lowest BCUT2D eigenvalue weighted by Gasteiger charge is -2.15. The van der Waals surface area contributed by atoms with Crippen molar-refractivity contribution in [2.75, 3.05) is 16.8 Å². The third-order valence-corrected chi connectivity index (χ3v) is 5.11. The third-order valence-electron chi connectivity index (χ3n) is 3.36. The summed E-state index contributed by atoms with van der Waals surface area (Å²) < 4.78 is 24.9. The maximum atomic E-state index is 11.6. The summed E-state index contributed by atoms with van der Waals surface area (Å²) in [5.41, 5.74) is 0.682. The third kappa shape index (κ3) is 3.20. The predicted octanol–water partition coefficient (Wildman–Crippen LogP) is 1.50. The van der Waals surface area contributed by atoms with E-state index in [1.54, 1.807) is 4.68 Å². The molecule has 0 aliphatic carbocycles. The van der Waals surface area contributed by atoms with Gasteiger partial charge in [0.15, 0.2) is 9.84 Å². The summed E-state index contributed by atoms with van der Waals surface area (Å²) in [7, 11) is -2.99. The van der Waals surface area contributed by atoms with Crippen LogP contribution in [0.4, 0.5) is 5.82 Å². The number of rotatable bonds is 2. The predicted molar refractivity (Wildman–Crippen MR) is 77.5 cm³/mol. The van der Waals surface area contributed by atoms with Crippen molar-refractivity contribution in [1.82, 2.24) is 9.78 Å². The van der Waals surface area contributed by atoms with Crippen LogP contribution in [0.5, 0.6) is 0 Å². The first-order valence-electron chi connectivity index (χ1n) is 6.66. The Kier molecular flexibility index (Phi) is 3.66. The van der Waals surface area contributed by atoms with Crippen molar-refractivity contribution in [3.8, 4) is 0 Å². The molecule has 0 saturated carbocycles. The number of nitrogens with zero attached hydrogens (tertiary/aromatic N) is 2. The van der Waals surface area contributed by atoms with Gasteiger partial charge in [-0.1, -0.05) is 20.8 Å². The van der Waals surface area contributed by atoms with Gasteiger partial charge in [-0.15, -0.1) is 0 Å². The summed E-state index contributed by atoms with van der Waals surface area (Å²) in [4.78, 5) is 11.3. The minimum atomic E-state index is -2.99. The lowest BCUT2D eigenvalue weighted by atomic mass is 9.92. The van der Waals surface area contributed by atoms with Crippen molar-refractivity contribution in [3.05, 3.63) is 11.8 Å². The van der Waals surface area contributed by atoms with E-state index in [0.29, 0.717) is 12.2 Å². The molecule has 1 fully saturated rings. The molecule has 1 aliphatic heterocycles. The van der Waals surface area contributed by atoms with Crippen LogP contribution in [0.25, 0.3) is 0 Å². The van der Waals surface area contributed by atoms with Crippen LogP contribution in [0.1, 0.15) is 45.9 Å². The van der Waals surface area contributed by atoms with E-state index in [1.165, 1.54) is 6.92 Å². The van der Waals surface area contributed by atoms with Crippen LogP contribution in [0.2, 0.25) is 0 Å². The Hall–Kier alpha value is -1.37. The second kappa shape index (κ2) is 4.87. The van der Waals surface area contributed by atoms with Gasteiger partial charge in [-0.2, -0.15) is 5.10 Å². The summed E-state index contributed by atoms with van der Waals surface area (Å²) >= 11 is 0. The highest BCUT2D eigenvalue weighted by Gasteiger charge is 2.32. The molecule has 0 aromatic carbocycles. The van der Waals surface area contributed by atoms with Crippen LogP contribution < -0.4 is 5.32 Å². The van der Waals surface area contributed by atoms with E-state index in [9.17, 15) is 13.2 Å². The van der Waals surface area contributed by atoms with Crippen molar-refractivity contribution >= 4 is 21.6 Å². The van der Waals surface area contributed by atoms with E-state index in [1.807, 2.05) is 26.8 Å². The van der Waals surface area contributed by atoms with E-state index >= 15 is 0 Å². The monoisotopic (exact) mass is 299 g/mol. The summed E-state index contributed by atoms with van der Waals surface area (Å²) in [6.07, 6.45) is 0.542. The van der Waals surface area contributed by atoms with Crippen molar-refractivity contribution in [2.24, 2.45) is 0 Å². The Bertz CT molecular complexity index is 626. The Balaban J connectivity index is 2.40. The molecular weight excluding hydrogens is 278 g/mol. The van der Waals surface area contributed by atoms with E-state index in [4.69, 9.17) is 0 Å². The standard InChI is InChI=1S/C13H21N3O3S/c1-9(17)14-12-7-11(13(2,3)4)15-16(12)10-5-6-20(18,19)8-10/h7,10H,5-6,8H2,1-4H3,(H,14,17)/t10-/m1/s1. The molecule has 20 heavy (non-hydrogen) atoms. The zero-order chi connectivity index (χ0) is 15.1. The summed E-state index contributed by atoms with van der Waals surface area (Å²) in [5, 5.41) is 7.26. The van der Waals surface area contributed by atoms with Gasteiger partial charge in [0.25, 0.3) is 0 Å². The van der Waals surface area contributed by atoms with Crippen LogP contribution in [0.3, 0.4) is 0 Å². The number of hydrogen-bond acceptors (Lipinski definition) is 4. The molecule has 0 unspecified atom stereocenters. The van der Waals surface area contributed by atoms with Gasteiger partial charge in [0.1, 0.15) is 5.82 Å². The van der Waals surface area contributed by atoms with Crippen molar-refractivity contribution in [1.29, 1.82) is 0 Å². The Morgan fingerprint density at radius 2 is 2.10 bits per heavy atom. The molecule has 2 rings (SSSR count). The highest BCUT2D eigenvalue weighted by atomic mass is 32.2. The molecule has 0 radical (unpaired) electrons. The topological polar surface area (TPSA) is 81.1 Å². The zero-order valence-corrected chi connectivity index (χ0v) is 13.1. The minimum Gasteiger partial charge on any atom is -0.311 e. The highest BCUT2D eigenvalue weighted by molar-refractivity contribution is 7.91. The normalized spacial score (nSPS) is 21.9. The molecule has 0 bridgehead atoms. The number of carbonyl (C=O) groups is 1. The fraction of sp³-hybridized carbons (Fsp3) is 0.692. The van der Waals surface area contributed by atoms with E-state index in [2.05, 4.69) is 10.4 Å². The largest absolute Gasteiger partial charge is 0.311 e. The molecule has 0 spiro atoms. The first kappa shape index (κ1) is 15.0. The van der Waals surface area contributed by atoms with Crippen LogP contribution in [-0.4, -0.2) is 35.6 Å². The summed E-state index contributed by atoms with van der Waals surface area (Å²) in [6, 6.07) is 1.63. The molecule has 1 saturated heterocycles. The molecule has 1 atom stereocenters. The van der Waals surface area contributed by atoms with Gasteiger partial charge in [-0.3, -0.25) is 4.79 Å². The number of carbonyl (C=O) groups excluding carboxylic acids is 1. The molecule has 112 valence electrons. The molecule has 6 nitrogen and oxygen atoms in total. The fourth-order valence-corrected chi connectivity index (χ4v) is 3.97. The number of anilines is 1. The number of aromatic nitrogens is 2. The molecular formula is C13H21N3O3S. The Morgan fingerprint density at radius 1 is 1.45 bits per heavy atom. The molecule has 1 aliphatic rings. The molecule has 1 amide bonds. The van der Waals surface area contributed by atoms with Gasteiger partial charge in [-0.05, 0) is 6.42 Å². The highest BCUT2D eigenvalue weighted by Crippen LogP contribution is 2.30. The van der Waals surface area contributed by atoms with Crippen molar-refractivity contribution in [3.63, 3.8) is 0 Å². The van der Waals surface area contributed by atoms with E-state index in [-0.39, 0.29) is 28.9 Å². The fourth-order valence-electron chi connectivity index (χ4n) is 2.28. The molecule has 1 N–H and O–H groups in total. The van der Waals surface area contributed by atoms with E-state index < -0.39 is 9.84 Å². The number of hydrogen-bond donors (Lipinski definition) is 1. The van der Waals surface area contributed by atoms with Gasteiger partial charge < -0.3 is 5.32 Å². The van der Waals surface area contributed by atoms with Crippen molar-refractivity contribution < 1.29 is 13.2 Å². The molecule has 1 aromatic heterocycles. The molecule has 1 aromatic rings. The minimum absolute atomic E-state index is 0.0881. The Labute approximate surface area is 119 Å². The van der Waals surface area contributed by atoms with Gasteiger partial charge >= 0.3 is 0 Å².